The standard InChI is InChI=1S/C21H30/c1-4-5-6-11-16-21-17-12-15-19(2)13-9-7-8-10-14-20(3)18-21/h7-9,12-13,17-18H,2-6,10-11,14-16H2,1H3/b8-7-,13-9-,17-12-,21-18-. The van der Waals surface area contributed by atoms with Gasteiger partial charge in [0.1, 0.15) is 0 Å². The minimum Gasteiger partial charge on any atom is -0.0958 e. The molecule has 1 rings (SSSR count). The van der Waals surface area contributed by atoms with Gasteiger partial charge < -0.3 is 0 Å². The molecule has 0 nitrogen and oxygen atoms in total. The van der Waals surface area contributed by atoms with Gasteiger partial charge in [-0.25, -0.2) is 0 Å². The molecule has 0 unspecified atom stereocenters. The van der Waals surface area contributed by atoms with E-state index in [1.165, 1.54) is 36.8 Å². The third-order valence-corrected chi connectivity index (χ3v) is 3.63. The minimum absolute atomic E-state index is 0.920. The number of allylic oxidation sites excluding steroid dienone is 10. The molecule has 0 heterocycles. The molecule has 0 aromatic carbocycles. The van der Waals surface area contributed by atoms with Gasteiger partial charge in [0.2, 0.25) is 0 Å². The van der Waals surface area contributed by atoms with Gasteiger partial charge in [0, 0.05) is 0 Å². The molecule has 0 saturated heterocycles. The summed E-state index contributed by atoms with van der Waals surface area (Å²) in [7, 11) is 0. The van der Waals surface area contributed by atoms with Gasteiger partial charge in [-0.2, -0.15) is 0 Å². The normalized spacial score (nSPS) is 24.1. The number of rotatable bonds is 5. The topological polar surface area (TPSA) is 0 Å². The summed E-state index contributed by atoms with van der Waals surface area (Å²) < 4.78 is 0. The Morgan fingerprint density at radius 3 is 2.62 bits per heavy atom. The molecule has 0 heteroatoms. The lowest BCUT2D eigenvalue weighted by molar-refractivity contribution is 0.668. The summed E-state index contributed by atoms with van der Waals surface area (Å²) in [6, 6.07) is 0. The third kappa shape index (κ3) is 9.07. The van der Waals surface area contributed by atoms with Crippen molar-refractivity contribution in [2.24, 2.45) is 0 Å². The maximum absolute atomic E-state index is 4.20. The molecule has 0 atom stereocenters. The Bertz CT molecular complexity index is 441. The summed E-state index contributed by atoms with van der Waals surface area (Å²) in [5.74, 6) is 0. The Balaban J connectivity index is 2.69. The van der Waals surface area contributed by atoms with Crippen molar-refractivity contribution in [2.75, 3.05) is 0 Å². The van der Waals surface area contributed by atoms with Crippen LogP contribution in [0.2, 0.25) is 0 Å². The van der Waals surface area contributed by atoms with E-state index in [2.05, 4.69) is 62.6 Å². The molecule has 1 aliphatic carbocycles. The monoisotopic (exact) mass is 282 g/mol. The van der Waals surface area contributed by atoms with Gasteiger partial charge >= 0.3 is 0 Å². The highest BCUT2D eigenvalue weighted by Gasteiger charge is 1.97. The fourth-order valence-corrected chi connectivity index (χ4v) is 2.36. The average Bonchev–Trinajstić information content (AvgIpc) is 2.47. The molecule has 0 aromatic heterocycles. The van der Waals surface area contributed by atoms with Gasteiger partial charge in [-0.1, -0.05) is 93.0 Å². The highest BCUT2D eigenvalue weighted by Crippen LogP contribution is 2.17. The van der Waals surface area contributed by atoms with E-state index in [1.807, 2.05) is 0 Å². The van der Waals surface area contributed by atoms with Gasteiger partial charge in [0.15, 0.2) is 0 Å². The van der Waals surface area contributed by atoms with Crippen LogP contribution in [0.4, 0.5) is 0 Å². The van der Waals surface area contributed by atoms with Gasteiger partial charge in [-0.3, -0.25) is 0 Å². The van der Waals surface area contributed by atoms with Crippen molar-refractivity contribution >= 4 is 0 Å². The zero-order valence-electron chi connectivity index (χ0n) is 13.6. The van der Waals surface area contributed by atoms with E-state index in [9.17, 15) is 0 Å². The van der Waals surface area contributed by atoms with Crippen LogP contribution in [0.5, 0.6) is 0 Å². The van der Waals surface area contributed by atoms with Crippen LogP contribution in [-0.2, 0) is 0 Å². The fourth-order valence-electron chi connectivity index (χ4n) is 2.36. The quantitative estimate of drug-likeness (QED) is 0.484. The maximum atomic E-state index is 4.20. The van der Waals surface area contributed by atoms with E-state index in [1.54, 1.807) is 0 Å². The van der Waals surface area contributed by atoms with Gasteiger partial charge in [0.25, 0.3) is 0 Å². The summed E-state index contributed by atoms with van der Waals surface area (Å²) in [5.41, 5.74) is 3.80. The molecule has 0 spiro atoms. The second-order valence-corrected chi connectivity index (χ2v) is 5.78. The van der Waals surface area contributed by atoms with Crippen molar-refractivity contribution in [1.82, 2.24) is 0 Å². The molecule has 0 aliphatic heterocycles. The Morgan fingerprint density at radius 2 is 1.81 bits per heavy atom. The lowest BCUT2D eigenvalue weighted by Gasteiger charge is -2.05. The highest BCUT2D eigenvalue weighted by molar-refractivity contribution is 5.31. The number of hydrogen-bond acceptors (Lipinski definition) is 0. The van der Waals surface area contributed by atoms with Crippen LogP contribution in [0.1, 0.15) is 58.3 Å². The van der Waals surface area contributed by atoms with Crippen molar-refractivity contribution in [3.05, 3.63) is 72.4 Å². The Kier molecular flexibility index (Phi) is 9.28. The molecule has 0 radical (unpaired) electrons. The predicted molar refractivity (Wildman–Crippen MR) is 96.4 cm³/mol. The van der Waals surface area contributed by atoms with Crippen LogP contribution in [0.25, 0.3) is 0 Å². The summed E-state index contributed by atoms with van der Waals surface area (Å²) in [6.07, 6.45) is 24.7. The Labute approximate surface area is 131 Å². The summed E-state index contributed by atoms with van der Waals surface area (Å²) in [4.78, 5) is 0. The lowest BCUT2D eigenvalue weighted by Crippen LogP contribution is -1.85. The number of hydrogen-bond donors (Lipinski definition) is 0. The van der Waals surface area contributed by atoms with E-state index < -0.39 is 0 Å². The van der Waals surface area contributed by atoms with Gasteiger partial charge in [-0.15, -0.1) is 0 Å². The molecule has 0 N–H and O–H groups in total. The predicted octanol–water partition coefficient (Wildman–Crippen LogP) is 6.85. The van der Waals surface area contributed by atoms with E-state index in [0.29, 0.717) is 0 Å². The van der Waals surface area contributed by atoms with Crippen LogP contribution in [0.15, 0.2) is 72.4 Å². The minimum atomic E-state index is 0.920. The highest BCUT2D eigenvalue weighted by atomic mass is 14.0. The van der Waals surface area contributed by atoms with Crippen molar-refractivity contribution in [2.45, 2.75) is 58.3 Å². The van der Waals surface area contributed by atoms with Crippen LogP contribution in [0, 0.1) is 0 Å². The van der Waals surface area contributed by atoms with E-state index in [4.69, 9.17) is 0 Å². The number of unbranched alkanes of at least 4 members (excludes halogenated alkanes) is 3. The van der Waals surface area contributed by atoms with Crippen LogP contribution < -0.4 is 0 Å². The molecule has 21 heavy (non-hydrogen) atoms. The van der Waals surface area contributed by atoms with Crippen molar-refractivity contribution in [3.8, 4) is 0 Å². The summed E-state index contributed by atoms with van der Waals surface area (Å²) in [5, 5.41) is 0. The summed E-state index contributed by atoms with van der Waals surface area (Å²) >= 11 is 0. The molecule has 114 valence electrons. The van der Waals surface area contributed by atoms with E-state index in [0.717, 1.165) is 31.3 Å². The molecular formula is C21H30. The Hall–Kier alpha value is -1.56. The first-order chi connectivity index (χ1) is 10.2. The third-order valence-electron chi connectivity index (χ3n) is 3.63. The first kappa shape index (κ1) is 17.5. The smallest absolute Gasteiger partial charge is 0.0100 e. The first-order valence-corrected chi connectivity index (χ1v) is 8.28. The van der Waals surface area contributed by atoms with Crippen molar-refractivity contribution in [3.63, 3.8) is 0 Å². The van der Waals surface area contributed by atoms with Crippen molar-refractivity contribution < 1.29 is 0 Å². The van der Waals surface area contributed by atoms with E-state index >= 15 is 0 Å². The van der Waals surface area contributed by atoms with Crippen LogP contribution >= 0.6 is 0 Å². The Morgan fingerprint density at radius 1 is 0.952 bits per heavy atom. The van der Waals surface area contributed by atoms with Crippen molar-refractivity contribution in [1.29, 1.82) is 0 Å². The second-order valence-electron chi connectivity index (χ2n) is 5.78. The average molecular weight is 282 g/mol. The lowest BCUT2D eigenvalue weighted by atomic mass is 10.0. The van der Waals surface area contributed by atoms with Crippen LogP contribution in [-0.4, -0.2) is 0 Å². The van der Waals surface area contributed by atoms with Gasteiger partial charge in [-0.05, 0) is 37.7 Å². The molecule has 0 fully saturated rings. The molecule has 0 amide bonds. The SMILES string of the molecule is C=C1/C=C\C=C/CCC(=C)/C=C(CCCCCC)\C=C/C1. The fraction of sp³-hybridized carbons (Fsp3) is 0.429. The first-order valence-electron chi connectivity index (χ1n) is 8.28. The second kappa shape index (κ2) is 11.1. The molecule has 0 saturated carbocycles. The zero-order valence-corrected chi connectivity index (χ0v) is 13.6. The summed E-state index contributed by atoms with van der Waals surface area (Å²) in [6.45, 7) is 10.5. The van der Waals surface area contributed by atoms with E-state index in [-0.39, 0.29) is 0 Å². The molecular weight excluding hydrogens is 252 g/mol. The van der Waals surface area contributed by atoms with Gasteiger partial charge in [0.05, 0.1) is 0 Å². The molecule has 0 aromatic rings. The zero-order chi connectivity index (χ0) is 15.3. The molecule has 1 aliphatic rings. The molecule has 0 bridgehead atoms. The van der Waals surface area contributed by atoms with Crippen LogP contribution in [0.3, 0.4) is 0 Å². The maximum Gasteiger partial charge on any atom is -0.0100 e. The largest absolute Gasteiger partial charge is 0.0958 e.